The smallest absolute Gasteiger partial charge is 0.250 e. The average molecular weight is 232 g/mol. The molecule has 1 unspecified atom stereocenters. The van der Waals surface area contributed by atoms with Crippen molar-refractivity contribution < 1.29 is 9.59 Å². The van der Waals surface area contributed by atoms with Crippen molar-refractivity contribution in [2.75, 3.05) is 0 Å². The first-order valence-corrected chi connectivity index (χ1v) is 5.57. The molecule has 0 spiro atoms. The molecule has 1 aromatic carbocycles. The second-order valence-corrected chi connectivity index (χ2v) is 5.02. The van der Waals surface area contributed by atoms with E-state index in [9.17, 15) is 9.59 Å². The molecule has 0 radical (unpaired) electrons. The van der Waals surface area contributed by atoms with Crippen LogP contribution in [0.1, 0.15) is 26.3 Å². The highest BCUT2D eigenvalue weighted by atomic mass is 16.2. The van der Waals surface area contributed by atoms with Crippen molar-refractivity contribution in [3.63, 3.8) is 0 Å². The SMILES string of the molecule is CC1(C)NC(=O)C(C)(c2ccccc2)NC1=O. The van der Waals surface area contributed by atoms with Gasteiger partial charge >= 0.3 is 0 Å². The number of hydrogen-bond donors (Lipinski definition) is 2. The molecule has 2 amide bonds. The number of nitrogens with one attached hydrogen (secondary N) is 2. The van der Waals surface area contributed by atoms with Gasteiger partial charge in [-0.25, -0.2) is 0 Å². The standard InChI is InChI=1S/C13H16N2O2/c1-12(2)10(16)15-13(3,11(17)14-12)9-7-5-4-6-8-9/h4-8H,1-3H3,(H,14,17)(H,15,16). The average Bonchev–Trinajstić information content (AvgIpc) is 2.27. The van der Waals surface area contributed by atoms with Gasteiger partial charge < -0.3 is 10.6 Å². The molecule has 1 fully saturated rings. The first-order chi connectivity index (χ1) is 7.86. The molecule has 1 aliphatic rings. The van der Waals surface area contributed by atoms with E-state index in [4.69, 9.17) is 0 Å². The van der Waals surface area contributed by atoms with Crippen molar-refractivity contribution in [3.05, 3.63) is 35.9 Å². The third-order valence-corrected chi connectivity index (χ3v) is 3.16. The highest BCUT2D eigenvalue weighted by Crippen LogP contribution is 2.26. The summed E-state index contributed by atoms with van der Waals surface area (Å²) in [5, 5.41) is 5.54. The van der Waals surface area contributed by atoms with E-state index < -0.39 is 11.1 Å². The lowest BCUT2D eigenvalue weighted by molar-refractivity contribution is -0.144. The predicted molar refractivity (Wildman–Crippen MR) is 64.2 cm³/mol. The lowest BCUT2D eigenvalue weighted by Crippen LogP contribution is -2.70. The topological polar surface area (TPSA) is 58.2 Å². The number of amides is 2. The minimum atomic E-state index is -0.992. The van der Waals surface area contributed by atoms with Crippen LogP contribution in [0.5, 0.6) is 0 Å². The summed E-state index contributed by atoms with van der Waals surface area (Å²) < 4.78 is 0. The normalized spacial score (nSPS) is 27.2. The van der Waals surface area contributed by atoms with Crippen LogP contribution in [0.3, 0.4) is 0 Å². The van der Waals surface area contributed by atoms with Gasteiger partial charge in [0.25, 0.3) is 5.91 Å². The Balaban J connectivity index is 2.40. The Bertz CT molecular complexity index is 468. The van der Waals surface area contributed by atoms with Gasteiger partial charge in [-0.15, -0.1) is 0 Å². The van der Waals surface area contributed by atoms with Gasteiger partial charge in [-0.05, 0) is 26.3 Å². The first kappa shape index (κ1) is 11.6. The third kappa shape index (κ3) is 1.79. The summed E-state index contributed by atoms with van der Waals surface area (Å²) >= 11 is 0. The Morgan fingerprint density at radius 2 is 1.47 bits per heavy atom. The molecule has 1 heterocycles. The number of rotatable bonds is 1. The van der Waals surface area contributed by atoms with Crippen LogP contribution in [-0.2, 0) is 15.1 Å². The molecule has 17 heavy (non-hydrogen) atoms. The van der Waals surface area contributed by atoms with Gasteiger partial charge in [0.2, 0.25) is 5.91 Å². The van der Waals surface area contributed by atoms with Gasteiger partial charge in [0.05, 0.1) is 0 Å². The summed E-state index contributed by atoms with van der Waals surface area (Å²) in [6, 6.07) is 9.23. The highest BCUT2D eigenvalue weighted by molar-refractivity contribution is 6.02. The van der Waals surface area contributed by atoms with E-state index in [1.54, 1.807) is 20.8 Å². The van der Waals surface area contributed by atoms with Crippen molar-refractivity contribution in [1.82, 2.24) is 10.6 Å². The zero-order valence-corrected chi connectivity index (χ0v) is 10.2. The summed E-state index contributed by atoms with van der Waals surface area (Å²) in [6.07, 6.45) is 0. The molecule has 1 atom stereocenters. The van der Waals surface area contributed by atoms with E-state index in [1.165, 1.54) is 0 Å². The molecule has 1 saturated heterocycles. The Hall–Kier alpha value is -1.84. The van der Waals surface area contributed by atoms with E-state index in [1.807, 2.05) is 30.3 Å². The van der Waals surface area contributed by atoms with Crippen molar-refractivity contribution >= 4 is 11.8 Å². The molecule has 0 aliphatic carbocycles. The van der Waals surface area contributed by atoms with Gasteiger partial charge in [0, 0.05) is 0 Å². The zero-order valence-electron chi connectivity index (χ0n) is 10.2. The Kier molecular flexibility index (Phi) is 2.45. The lowest BCUT2D eigenvalue weighted by Gasteiger charge is -2.41. The van der Waals surface area contributed by atoms with Crippen LogP contribution in [0.25, 0.3) is 0 Å². The number of benzene rings is 1. The Morgan fingerprint density at radius 1 is 0.882 bits per heavy atom. The van der Waals surface area contributed by atoms with Crippen LogP contribution in [0.15, 0.2) is 30.3 Å². The maximum Gasteiger partial charge on any atom is 0.250 e. The summed E-state index contributed by atoms with van der Waals surface area (Å²) in [5.74, 6) is -0.364. The maximum absolute atomic E-state index is 12.2. The molecule has 2 N–H and O–H groups in total. The molecule has 1 aliphatic heterocycles. The summed E-state index contributed by atoms with van der Waals surface area (Å²) in [6.45, 7) is 5.08. The zero-order chi connectivity index (χ0) is 12.7. The molecule has 1 aromatic rings. The Labute approximate surface area is 100 Å². The number of carbonyl (C=O) groups excluding carboxylic acids is 2. The molecular formula is C13H16N2O2. The van der Waals surface area contributed by atoms with Gasteiger partial charge in [-0.1, -0.05) is 30.3 Å². The van der Waals surface area contributed by atoms with Crippen LogP contribution in [-0.4, -0.2) is 17.4 Å². The number of piperazine rings is 1. The Morgan fingerprint density at radius 3 is 2.06 bits per heavy atom. The van der Waals surface area contributed by atoms with Crippen LogP contribution in [0.4, 0.5) is 0 Å². The highest BCUT2D eigenvalue weighted by Gasteiger charge is 2.47. The van der Waals surface area contributed by atoms with Gasteiger partial charge in [-0.3, -0.25) is 9.59 Å². The number of carbonyl (C=O) groups is 2. The van der Waals surface area contributed by atoms with Crippen molar-refractivity contribution in [3.8, 4) is 0 Å². The van der Waals surface area contributed by atoms with Crippen LogP contribution in [0, 0.1) is 0 Å². The first-order valence-electron chi connectivity index (χ1n) is 5.57. The molecule has 4 heteroatoms. The fourth-order valence-corrected chi connectivity index (χ4v) is 1.88. The maximum atomic E-state index is 12.2. The van der Waals surface area contributed by atoms with Gasteiger partial charge in [-0.2, -0.15) is 0 Å². The van der Waals surface area contributed by atoms with E-state index in [0.29, 0.717) is 0 Å². The monoisotopic (exact) mass is 232 g/mol. The summed E-state index contributed by atoms with van der Waals surface area (Å²) in [5.41, 5.74) is -1.07. The largest absolute Gasteiger partial charge is 0.340 e. The van der Waals surface area contributed by atoms with Crippen LogP contribution in [0.2, 0.25) is 0 Å². The van der Waals surface area contributed by atoms with Crippen molar-refractivity contribution in [2.24, 2.45) is 0 Å². The fraction of sp³-hybridized carbons (Fsp3) is 0.385. The van der Waals surface area contributed by atoms with Crippen molar-refractivity contribution in [2.45, 2.75) is 31.8 Å². The van der Waals surface area contributed by atoms with Gasteiger partial charge in [0.1, 0.15) is 11.1 Å². The minimum absolute atomic E-state index is 0.177. The molecule has 0 aromatic heterocycles. The van der Waals surface area contributed by atoms with Crippen LogP contribution < -0.4 is 10.6 Å². The van der Waals surface area contributed by atoms with Crippen LogP contribution >= 0.6 is 0 Å². The fourth-order valence-electron chi connectivity index (χ4n) is 1.88. The predicted octanol–water partition coefficient (Wildman–Crippen LogP) is 0.926. The molecule has 4 nitrogen and oxygen atoms in total. The summed E-state index contributed by atoms with van der Waals surface area (Å²) in [4.78, 5) is 24.1. The second-order valence-electron chi connectivity index (χ2n) is 5.02. The van der Waals surface area contributed by atoms with E-state index in [0.717, 1.165) is 5.56 Å². The minimum Gasteiger partial charge on any atom is -0.340 e. The number of hydrogen-bond acceptors (Lipinski definition) is 2. The quantitative estimate of drug-likeness (QED) is 0.756. The molecule has 0 saturated carbocycles. The molecule has 0 bridgehead atoms. The molecule has 90 valence electrons. The molecular weight excluding hydrogens is 216 g/mol. The second kappa shape index (κ2) is 3.58. The van der Waals surface area contributed by atoms with Gasteiger partial charge in [0.15, 0.2) is 0 Å². The lowest BCUT2D eigenvalue weighted by atomic mass is 9.85. The van der Waals surface area contributed by atoms with Crippen molar-refractivity contribution in [1.29, 1.82) is 0 Å². The third-order valence-electron chi connectivity index (χ3n) is 3.16. The van der Waals surface area contributed by atoms with E-state index in [-0.39, 0.29) is 11.8 Å². The van der Waals surface area contributed by atoms with E-state index in [2.05, 4.69) is 10.6 Å². The summed E-state index contributed by atoms with van der Waals surface area (Å²) in [7, 11) is 0. The van der Waals surface area contributed by atoms with E-state index >= 15 is 0 Å². The molecule has 2 rings (SSSR count).